The number of fused-ring (bicyclic) bond motifs is 3. The van der Waals surface area contributed by atoms with Crippen LogP contribution in [0.25, 0.3) is 17.2 Å². The maximum Gasteiger partial charge on any atom is 0.180 e. The number of carbonyl (C=O) groups excluding carboxylic acids is 1. The summed E-state index contributed by atoms with van der Waals surface area (Å²) in [5, 5.41) is 4.46. The number of imidazole rings is 1. The Morgan fingerprint density at radius 2 is 2.03 bits per heavy atom. The highest BCUT2D eigenvalue weighted by Gasteiger charge is 2.29. The van der Waals surface area contributed by atoms with E-state index in [1.165, 1.54) is 0 Å². The molecule has 0 N–H and O–H groups in total. The Morgan fingerprint density at radius 3 is 2.70 bits per heavy atom. The largest absolute Gasteiger partial charge is 0.493 e. The number of carbonyl (C=O) groups is 1. The lowest BCUT2D eigenvalue weighted by Gasteiger charge is -2.24. The molecular formula is C23H28N4O3. The highest BCUT2D eigenvalue weighted by atomic mass is 16.5. The van der Waals surface area contributed by atoms with Crippen molar-refractivity contribution in [1.29, 1.82) is 0 Å². The van der Waals surface area contributed by atoms with E-state index in [-0.39, 0.29) is 11.9 Å². The van der Waals surface area contributed by atoms with Crippen LogP contribution in [0.3, 0.4) is 0 Å². The number of ketones is 1. The Kier molecular flexibility index (Phi) is 5.37. The van der Waals surface area contributed by atoms with Crippen molar-refractivity contribution in [1.82, 2.24) is 19.3 Å². The first-order valence-electron chi connectivity index (χ1n) is 10.5. The lowest BCUT2D eigenvalue weighted by molar-refractivity contribution is 0.101. The smallest absolute Gasteiger partial charge is 0.180 e. The van der Waals surface area contributed by atoms with E-state index in [2.05, 4.69) is 16.6 Å². The van der Waals surface area contributed by atoms with E-state index in [9.17, 15) is 4.79 Å². The number of ether oxygens (including phenoxy) is 2. The predicted molar refractivity (Wildman–Crippen MR) is 115 cm³/mol. The molecule has 0 amide bonds. The number of aromatic nitrogens is 4. The van der Waals surface area contributed by atoms with Crippen molar-refractivity contribution in [2.75, 3.05) is 7.11 Å². The van der Waals surface area contributed by atoms with E-state index in [1.54, 1.807) is 20.2 Å². The molecule has 0 saturated carbocycles. The van der Waals surface area contributed by atoms with Gasteiger partial charge in [0.15, 0.2) is 23.1 Å². The van der Waals surface area contributed by atoms with Crippen LogP contribution in [-0.2, 0) is 19.4 Å². The second kappa shape index (κ2) is 7.97. The van der Waals surface area contributed by atoms with Crippen molar-refractivity contribution in [3.05, 3.63) is 41.3 Å². The van der Waals surface area contributed by atoms with Crippen molar-refractivity contribution < 1.29 is 14.3 Å². The van der Waals surface area contributed by atoms with E-state index in [1.807, 2.05) is 36.7 Å². The van der Waals surface area contributed by atoms with Crippen LogP contribution < -0.4 is 9.47 Å². The fourth-order valence-corrected chi connectivity index (χ4v) is 4.07. The van der Waals surface area contributed by atoms with Gasteiger partial charge in [-0.1, -0.05) is 6.92 Å². The van der Waals surface area contributed by atoms with Crippen molar-refractivity contribution in [3.63, 3.8) is 0 Å². The van der Waals surface area contributed by atoms with E-state index in [0.29, 0.717) is 11.4 Å². The number of hydrogen-bond acceptors (Lipinski definition) is 5. The van der Waals surface area contributed by atoms with Gasteiger partial charge in [0, 0.05) is 25.7 Å². The molecule has 4 rings (SSSR count). The molecule has 3 aromatic rings. The standard InChI is InChI=1S/C23H28N4O3/c1-6-11-26-18(9-10-24-26)23-25-22(15(4)28)17-8-7-16-12-20(29-5)21(30-14(2)3)13-19(16)27(17)23/h9-10,12-14H,6-8,11H2,1-5H3. The molecule has 30 heavy (non-hydrogen) atoms. The second-order valence-corrected chi connectivity index (χ2v) is 7.86. The number of Topliss-reactive ketones (excluding diaryl/α,β-unsaturated/α-hetero) is 1. The van der Waals surface area contributed by atoms with Gasteiger partial charge in [-0.3, -0.25) is 14.0 Å². The van der Waals surface area contributed by atoms with Crippen LogP contribution in [0.2, 0.25) is 0 Å². The van der Waals surface area contributed by atoms with Gasteiger partial charge in [-0.25, -0.2) is 4.98 Å². The molecule has 7 heteroatoms. The molecule has 1 aromatic carbocycles. The minimum Gasteiger partial charge on any atom is -0.493 e. The Labute approximate surface area is 176 Å². The SMILES string of the molecule is CCCn1nccc1-c1nc(C(C)=O)c2n1-c1cc(OC(C)C)c(OC)cc1CC2. The van der Waals surface area contributed by atoms with Gasteiger partial charge in [0.05, 0.1) is 24.6 Å². The quantitative estimate of drug-likeness (QED) is 0.547. The Morgan fingerprint density at radius 1 is 1.23 bits per heavy atom. The average Bonchev–Trinajstić information content (AvgIpc) is 3.31. The van der Waals surface area contributed by atoms with Crippen LogP contribution in [0.5, 0.6) is 11.5 Å². The number of hydrogen-bond donors (Lipinski definition) is 0. The molecule has 158 valence electrons. The van der Waals surface area contributed by atoms with Crippen LogP contribution in [0.1, 0.15) is 55.9 Å². The monoisotopic (exact) mass is 408 g/mol. The number of methoxy groups -OCH3 is 1. The van der Waals surface area contributed by atoms with E-state index in [4.69, 9.17) is 14.5 Å². The normalized spacial score (nSPS) is 12.6. The molecule has 7 nitrogen and oxygen atoms in total. The van der Waals surface area contributed by atoms with Crippen molar-refractivity contribution in [2.45, 2.75) is 59.6 Å². The summed E-state index contributed by atoms with van der Waals surface area (Å²) in [6.45, 7) is 8.46. The third-order valence-corrected chi connectivity index (χ3v) is 5.29. The maximum atomic E-state index is 12.4. The van der Waals surface area contributed by atoms with Crippen molar-refractivity contribution in [2.24, 2.45) is 0 Å². The number of nitrogens with zero attached hydrogens (tertiary/aromatic N) is 4. The third-order valence-electron chi connectivity index (χ3n) is 5.29. The molecule has 0 unspecified atom stereocenters. The molecule has 0 atom stereocenters. The van der Waals surface area contributed by atoms with Crippen LogP contribution >= 0.6 is 0 Å². The van der Waals surface area contributed by atoms with E-state index in [0.717, 1.165) is 60.0 Å². The van der Waals surface area contributed by atoms with Gasteiger partial charge in [-0.05, 0) is 50.8 Å². The molecule has 0 fully saturated rings. The van der Waals surface area contributed by atoms with Gasteiger partial charge in [0.25, 0.3) is 0 Å². The molecule has 1 aliphatic heterocycles. The topological polar surface area (TPSA) is 71.2 Å². The summed E-state index contributed by atoms with van der Waals surface area (Å²) in [6.07, 6.45) is 4.31. The maximum absolute atomic E-state index is 12.4. The summed E-state index contributed by atoms with van der Waals surface area (Å²) in [4.78, 5) is 17.2. The first kappa shape index (κ1) is 20.2. The summed E-state index contributed by atoms with van der Waals surface area (Å²) in [5.74, 6) is 2.12. The zero-order chi connectivity index (χ0) is 21.4. The first-order chi connectivity index (χ1) is 14.4. The highest BCUT2D eigenvalue weighted by Crippen LogP contribution is 2.39. The lowest BCUT2D eigenvalue weighted by Crippen LogP contribution is -2.16. The molecule has 2 aromatic heterocycles. The fourth-order valence-electron chi connectivity index (χ4n) is 4.07. The molecule has 1 aliphatic rings. The van der Waals surface area contributed by atoms with Crippen LogP contribution in [0.15, 0.2) is 24.4 Å². The molecular weight excluding hydrogens is 380 g/mol. The molecule has 0 aliphatic carbocycles. The Bertz CT molecular complexity index is 1090. The molecule has 0 spiro atoms. The zero-order valence-corrected chi connectivity index (χ0v) is 18.2. The minimum atomic E-state index is -0.0258. The van der Waals surface area contributed by atoms with Crippen LogP contribution in [0, 0.1) is 0 Å². The first-order valence-corrected chi connectivity index (χ1v) is 10.5. The van der Waals surface area contributed by atoms with Gasteiger partial charge in [-0.2, -0.15) is 5.10 Å². The molecule has 0 bridgehead atoms. The number of rotatable bonds is 7. The van der Waals surface area contributed by atoms with Gasteiger partial charge in [-0.15, -0.1) is 0 Å². The highest BCUT2D eigenvalue weighted by molar-refractivity contribution is 5.94. The third kappa shape index (κ3) is 3.38. The summed E-state index contributed by atoms with van der Waals surface area (Å²) < 4.78 is 15.7. The van der Waals surface area contributed by atoms with Crippen molar-refractivity contribution >= 4 is 5.78 Å². The zero-order valence-electron chi connectivity index (χ0n) is 18.2. The number of aryl methyl sites for hydroxylation is 2. The van der Waals surface area contributed by atoms with Crippen molar-refractivity contribution in [3.8, 4) is 28.7 Å². The summed E-state index contributed by atoms with van der Waals surface area (Å²) in [6, 6.07) is 6.00. The fraction of sp³-hybridized carbons (Fsp3) is 0.435. The molecule has 0 saturated heterocycles. The lowest BCUT2D eigenvalue weighted by atomic mass is 9.99. The summed E-state index contributed by atoms with van der Waals surface area (Å²) in [5.41, 5.74) is 4.50. The summed E-state index contributed by atoms with van der Waals surface area (Å²) in [7, 11) is 1.66. The molecule has 3 heterocycles. The summed E-state index contributed by atoms with van der Waals surface area (Å²) >= 11 is 0. The second-order valence-electron chi connectivity index (χ2n) is 7.86. The van der Waals surface area contributed by atoms with Gasteiger partial charge in [0.1, 0.15) is 11.4 Å². The van der Waals surface area contributed by atoms with E-state index >= 15 is 0 Å². The molecule has 0 radical (unpaired) electrons. The average molecular weight is 409 g/mol. The Balaban J connectivity index is 1.97. The van der Waals surface area contributed by atoms with Gasteiger partial charge in [0.2, 0.25) is 0 Å². The number of benzene rings is 1. The minimum absolute atomic E-state index is 0.0148. The van der Waals surface area contributed by atoms with Gasteiger partial charge >= 0.3 is 0 Å². The van der Waals surface area contributed by atoms with E-state index < -0.39 is 0 Å². The predicted octanol–water partition coefficient (Wildman–Crippen LogP) is 4.24. The van der Waals surface area contributed by atoms with Gasteiger partial charge < -0.3 is 9.47 Å². The van der Waals surface area contributed by atoms with Crippen LogP contribution in [0.4, 0.5) is 0 Å². The Hall–Kier alpha value is -3.09. The van der Waals surface area contributed by atoms with Crippen LogP contribution in [-0.4, -0.2) is 38.3 Å².